The largest absolute Gasteiger partial charge is 0.287 e. The summed E-state index contributed by atoms with van der Waals surface area (Å²) in [7, 11) is 2.22. The number of Topliss-reactive ketones (excluding diaryl/α,β-unsaturated/α-hetero) is 2. The van der Waals surface area contributed by atoms with Gasteiger partial charge in [0.15, 0.2) is 0 Å². The number of nitrogens with one attached hydrogen (secondary N) is 1. The molecule has 0 atom stereocenters. The number of carbonyl (C=O) groups is 2. The highest BCUT2D eigenvalue weighted by molar-refractivity contribution is 7.02. The minimum absolute atomic E-state index is 0.332. The van der Waals surface area contributed by atoms with E-state index in [2.05, 4.69) is 19.0 Å². The number of pyridine rings is 2. The van der Waals surface area contributed by atoms with Crippen LogP contribution in [0.15, 0.2) is 36.7 Å². The monoisotopic (exact) mass is 257 g/mol. The quantitative estimate of drug-likeness (QED) is 0.580. The third kappa shape index (κ3) is 1.75. The highest BCUT2D eigenvalue weighted by Crippen LogP contribution is 2.29. The smallest absolute Gasteiger partial charge is 0.235 e. The first-order valence-corrected chi connectivity index (χ1v) is 5.53. The van der Waals surface area contributed by atoms with E-state index in [1.807, 2.05) is 0 Å². The van der Waals surface area contributed by atoms with E-state index in [4.69, 9.17) is 5.16 Å². The van der Waals surface area contributed by atoms with Gasteiger partial charge in [0.25, 0.3) is 0 Å². The fourth-order valence-corrected chi connectivity index (χ4v) is 1.80. The van der Waals surface area contributed by atoms with E-state index < -0.39 is 11.6 Å². The predicted molar refractivity (Wildman–Crippen MR) is 67.2 cm³/mol. The van der Waals surface area contributed by atoms with E-state index >= 15 is 0 Å². The minimum atomic E-state index is -0.511. The van der Waals surface area contributed by atoms with Crippen LogP contribution >= 0.6 is 9.03 Å². The molecule has 1 aliphatic carbocycles. The molecule has 0 aliphatic heterocycles. The first-order chi connectivity index (χ1) is 8.79. The predicted octanol–water partition coefficient (Wildman–Crippen LogP) is 2.41. The lowest BCUT2D eigenvalue weighted by Gasteiger charge is -2.14. The van der Waals surface area contributed by atoms with E-state index in [-0.39, 0.29) is 0 Å². The summed E-state index contributed by atoms with van der Waals surface area (Å²) < 4.78 is 0. The maximum absolute atomic E-state index is 11.8. The van der Waals surface area contributed by atoms with Gasteiger partial charge in [0, 0.05) is 12.4 Å². The second-order valence-corrected chi connectivity index (χ2v) is 3.46. The molecular formula is C12H8N3O2P. The van der Waals surface area contributed by atoms with Gasteiger partial charge in [-0.1, -0.05) is 0 Å². The Morgan fingerprint density at radius 2 is 1.22 bits per heavy atom. The van der Waals surface area contributed by atoms with E-state index in [1.165, 1.54) is 0 Å². The zero-order valence-corrected chi connectivity index (χ0v) is 10.2. The molecule has 0 radical (unpaired) electrons. The molecule has 1 aliphatic rings. The van der Waals surface area contributed by atoms with Crippen molar-refractivity contribution < 1.29 is 9.59 Å². The fraction of sp³-hybridized carbons (Fsp3) is 0. The molecule has 5 nitrogen and oxygen atoms in total. The van der Waals surface area contributed by atoms with Gasteiger partial charge in [-0.05, 0) is 33.3 Å². The van der Waals surface area contributed by atoms with Crippen molar-refractivity contribution in [1.29, 1.82) is 5.16 Å². The number of aromatic nitrogens is 2. The number of rotatable bonds is 0. The van der Waals surface area contributed by atoms with Gasteiger partial charge in [0.1, 0.15) is 11.4 Å². The zero-order valence-electron chi connectivity index (χ0n) is 9.18. The fourth-order valence-electron chi connectivity index (χ4n) is 1.80. The molecule has 0 amide bonds. The second kappa shape index (κ2) is 4.94. The van der Waals surface area contributed by atoms with Crippen molar-refractivity contribution >= 4 is 20.6 Å². The molecule has 0 saturated heterocycles. The molecule has 2 heterocycles. The summed E-state index contributed by atoms with van der Waals surface area (Å²) in [6.45, 7) is 0. The second-order valence-electron chi connectivity index (χ2n) is 3.46. The summed E-state index contributed by atoms with van der Waals surface area (Å²) in [6, 6.07) is 6.47. The van der Waals surface area contributed by atoms with Gasteiger partial charge < -0.3 is 0 Å². The average Bonchev–Trinajstić information content (AvgIpc) is 2.47. The van der Waals surface area contributed by atoms with Gasteiger partial charge in [-0.15, -0.1) is 0 Å². The molecule has 0 spiro atoms. The van der Waals surface area contributed by atoms with E-state index in [1.54, 1.807) is 36.7 Å². The van der Waals surface area contributed by atoms with Crippen LogP contribution in [0.25, 0.3) is 11.4 Å². The molecule has 0 bridgehead atoms. The lowest BCUT2D eigenvalue weighted by atomic mass is 9.91. The maximum Gasteiger partial charge on any atom is 0.235 e. The summed E-state index contributed by atoms with van der Waals surface area (Å²) in [5.41, 5.74) is 1.64. The number of nitrogens with zero attached hydrogens (tertiary/aromatic N) is 2. The molecule has 0 fully saturated rings. The molecule has 0 aromatic carbocycles. The van der Waals surface area contributed by atoms with Crippen LogP contribution in [0.2, 0.25) is 0 Å². The summed E-state index contributed by atoms with van der Waals surface area (Å²) in [5, 5.41) is 5.56. The first kappa shape index (κ1) is 12.2. The molecule has 3 rings (SSSR count). The lowest BCUT2D eigenvalue weighted by Crippen LogP contribution is -2.22. The van der Waals surface area contributed by atoms with Crippen LogP contribution in [-0.4, -0.2) is 21.5 Å². The van der Waals surface area contributed by atoms with Gasteiger partial charge >= 0.3 is 0 Å². The van der Waals surface area contributed by atoms with Gasteiger partial charge in [0.05, 0.1) is 11.1 Å². The van der Waals surface area contributed by atoms with Gasteiger partial charge in [-0.2, -0.15) is 0 Å². The number of carbonyl (C=O) groups excluding carboxylic acids is 2. The van der Waals surface area contributed by atoms with E-state index in [9.17, 15) is 9.59 Å². The maximum atomic E-state index is 11.8. The van der Waals surface area contributed by atoms with Crippen molar-refractivity contribution in [1.82, 2.24) is 9.97 Å². The molecule has 0 saturated carbocycles. The van der Waals surface area contributed by atoms with Gasteiger partial charge in [-0.25, -0.2) is 0 Å². The van der Waals surface area contributed by atoms with Crippen molar-refractivity contribution in [3.8, 4) is 11.4 Å². The van der Waals surface area contributed by atoms with Crippen LogP contribution in [0.1, 0.15) is 20.7 Å². The van der Waals surface area contributed by atoms with Crippen molar-refractivity contribution in [2.75, 3.05) is 0 Å². The molecule has 18 heavy (non-hydrogen) atoms. The Morgan fingerprint density at radius 1 is 0.833 bits per heavy atom. The summed E-state index contributed by atoms with van der Waals surface area (Å²) >= 11 is 0. The zero-order chi connectivity index (χ0) is 13.1. The van der Waals surface area contributed by atoms with Crippen molar-refractivity contribution in [2.24, 2.45) is 0 Å². The molecular weight excluding hydrogens is 249 g/mol. The average molecular weight is 257 g/mol. The van der Waals surface area contributed by atoms with Crippen LogP contribution in [0.5, 0.6) is 0 Å². The Labute approximate surface area is 105 Å². The van der Waals surface area contributed by atoms with E-state index in [0.717, 1.165) is 0 Å². The molecule has 6 heteroatoms. The third-order valence-corrected chi connectivity index (χ3v) is 2.54. The first-order valence-electron chi connectivity index (χ1n) is 5.03. The summed E-state index contributed by atoms with van der Waals surface area (Å²) in [5.74, 6) is -1.02. The van der Waals surface area contributed by atoms with Crippen molar-refractivity contribution in [3.05, 3.63) is 47.8 Å². The lowest BCUT2D eigenvalue weighted by molar-refractivity contribution is 0.0814. The molecule has 2 aromatic rings. The van der Waals surface area contributed by atoms with E-state index in [0.29, 0.717) is 22.5 Å². The Kier molecular flexibility index (Phi) is 3.35. The number of fused-ring (bicyclic) bond motifs is 3. The standard InChI is InChI=1S/C12H6N2O2.H2NP/c15-11-7-3-1-5-13-9(7)10-8(12(11)16)4-2-6-14-10;1-2/h1-6H;1-2H. The van der Waals surface area contributed by atoms with Crippen LogP contribution < -0.4 is 0 Å². The normalized spacial score (nSPS) is 12.0. The number of hydrogen-bond acceptors (Lipinski definition) is 5. The van der Waals surface area contributed by atoms with Crippen LogP contribution in [0.4, 0.5) is 0 Å². The SMILES string of the molecule is N=P.O=C1C(=O)c2cccnc2-c2ncccc21. The Morgan fingerprint density at radius 3 is 1.61 bits per heavy atom. The molecule has 88 valence electrons. The molecule has 2 aromatic heterocycles. The van der Waals surface area contributed by atoms with Crippen LogP contribution in [0, 0.1) is 5.16 Å². The minimum Gasteiger partial charge on any atom is -0.287 e. The van der Waals surface area contributed by atoms with Crippen LogP contribution in [-0.2, 0) is 0 Å². The highest BCUT2D eigenvalue weighted by atomic mass is 31.0. The van der Waals surface area contributed by atoms with Crippen molar-refractivity contribution in [2.45, 2.75) is 0 Å². The molecule has 1 N–H and O–H groups in total. The number of hydrogen-bond donors (Lipinski definition) is 1. The topological polar surface area (TPSA) is 83.8 Å². The Balaban J connectivity index is 0.000000574. The summed E-state index contributed by atoms with van der Waals surface area (Å²) in [4.78, 5) is 31.7. The van der Waals surface area contributed by atoms with Gasteiger partial charge in [-0.3, -0.25) is 24.7 Å². The Hall–Kier alpha value is -2.26. The highest BCUT2D eigenvalue weighted by Gasteiger charge is 2.31. The Bertz CT molecular complexity index is 587. The van der Waals surface area contributed by atoms with Crippen LogP contribution in [0.3, 0.4) is 0 Å². The van der Waals surface area contributed by atoms with Gasteiger partial charge in [0.2, 0.25) is 11.6 Å². The molecule has 0 unspecified atom stereocenters. The summed E-state index contributed by atoms with van der Waals surface area (Å²) in [6.07, 6.45) is 3.17. The number of ketones is 2. The van der Waals surface area contributed by atoms with Crippen molar-refractivity contribution in [3.63, 3.8) is 0 Å². The third-order valence-electron chi connectivity index (χ3n) is 2.54.